The van der Waals surface area contributed by atoms with Gasteiger partial charge in [-0.2, -0.15) is 0 Å². The summed E-state index contributed by atoms with van der Waals surface area (Å²) in [7, 11) is 0. The number of ether oxygens (including phenoxy) is 2. The van der Waals surface area contributed by atoms with E-state index >= 15 is 0 Å². The van der Waals surface area contributed by atoms with E-state index in [-0.39, 0.29) is 30.6 Å². The molecule has 1 fully saturated rings. The maximum Gasteiger partial charge on any atom is 0.257 e. The molecule has 0 aromatic heterocycles. The highest BCUT2D eigenvalue weighted by atomic mass is 19.1. The molecular formula is C27H32F3NO3. The van der Waals surface area contributed by atoms with Crippen molar-refractivity contribution in [2.45, 2.75) is 65.0 Å². The van der Waals surface area contributed by atoms with Crippen molar-refractivity contribution in [2.75, 3.05) is 13.2 Å². The van der Waals surface area contributed by atoms with Gasteiger partial charge in [0.05, 0.1) is 18.3 Å². The van der Waals surface area contributed by atoms with E-state index in [0.29, 0.717) is 36.1 Å². The lowest BCUT2D eigenvalue weighted by molar-refractivity contribution is 0.0682. The molecule has 1 amide bonds. The standard InChI is InChI=1S/C27H32F3NO3/c1-3-4-12-33-26-23(29)13-20-16-31(27(32)24(20)25(26)30)15-18-8-10-19(11-9-18)17(2)34-22-7-5-6-21(28)14-22/h5-7,13-14,17-19H,3-4,8-12,15-16H2,1-2H3. The molecule has 1 aliphatic carbocycles. The summed E-state index contributed by atoms with van der Waals surface area (Å²) in [6.07, 6.45) is 5.21. The predicted octanol–water partition coefficient (Wildman–Crippen LogP) is 6.51. The Labute approximate surface area is 199 Å². The second-order valence-corrected chi connectivity index (χ2v) is 9.48. The van der Waals surface area contributed by atoms with Crippen molar-refractivity contribution in [3.8, 4) is 11.5 Å². The molecule has 2 aromatic carbocycles. The molecule has 184 valence electrons. The van der Waals surface area contributed by atoms with Gasteiger partial charge in [-0.15, -0.1) is 0 Å². The average Bonchev–Trinajstić information content (AvgIpc) is 3.11. The van der Waals surface area contributed by atoms with Crippen molar-refractivity contribution in [1.29, 1.82) is 0 Å². The van der Waals surface area contributed by atoms with Crippen LogP contribution in [0.25, 0.3) is 0 Å². The summed E-state index contributed by atoms with van der Waals surface area (Å²) in [4.78, 5) is 14.6. The summed E-state index contributed by atoms with van der Waals surface area (Å²) in [5.74, 6) is -1.62. The fraction of sp³-hybridized carbons (Fsp3) is 0.519. The Balaban J connectivity index is 1.32. The minimum Gasteiger partial charge on any atom is -0.490 e. The van der Waals surface area contributed by atoms with E-state index < -0.39 is 23.3 Å². The van der Waals surface area contributed by atoms with Crippen LogP contribution in [-0.4, -0.2) is 30.1 Å². The van der Waals surface area contributed by atoms with Crippen LogP contribution in [0.3, 0.4) is 0 Å². The van der Waals surface area contributed by atoms with Crippen molar-refractivity contribution >= 4 is 5.91 Å². The third-order valence-corrected chi connectivity index (χ3v) is 7.02. The van der Waals surface area contributed by atoms with Crippen molar-refractivity contribution in [2.24, 2.45) is 11.8 Å². The van der Waals surface area contributed by atoms with Crippen LogP contribution in [0.1, 0.15) is 68.3 Å². The molecule has 34 heavy (non-hydrogen) atoms. The Morgan fingerprint density at radius 1 is 1.12 bits per heavy atom. The van der Waals surface area contributed by atoms with E-state index in [9.17, 15) is 18.0 Å². The number of halogens is 3. The van der Waals surface area contributed by atoms with E-state index in [0.717, 1.165) is 32.1 Å². The van der Waals surface area contributed by atoms with Gasteiger partial charge in [0.1, 0.15) is 11.6 Å². The molecule has 0 radical (unpaired) electrons. The fourth-order valence-corrected chi connectivity index (χ4v) is 5.04. The molecule has 2 aliphatic rings. The molecule has 1 saturated carbocycles. The van der Waals surface area contributed by atoms with Crippen LogP contribution < -0.4 is 9.47 Å². The number of nitrogens with zero attached hydrogens (tertiary/aromatic N) is 1. The van der Waals surface area contributed by atoms with Gasteiger partial charge in [0.2, 0.25) is 0 Å². The van der Waals surface area contributed by atoms with Crippen molar-refractivity contribution in [3.63, 3.8) is 0 Å². The first-order valence-electron chi connectivity index (χ1n) is 12.2. The lowest BCUT2D eigenvalue weighted by atomic mass is 9.79. The van der Waals surface area contributed by atoms with Crippen LogP contribution in [0.5, 0.6) is 11.5 Å². The molecule has 2 aromatic rings. The number of carbonyl (C=O) groups excluding carboxylic acids is 1. The molecule has 1 aliphatic heterocycles. The van der Waals surface area contributed by atoms with Gasteiger partial charge in [-0.25, -0.2) is 13.2 Å². The first-order valence-corrected chi connectivity index (χ1v) is 12.2. The maximum atomic E-state index is 15.0. The summed E-state index contributed by atoms with van der Waals surface area (Å²) < 4.78 is 54.0. The lowest BCUT2D eigenvalue weighted by Gasteiger charge is -2.34. The van der Waals surface area contributed by atoms with Crippen LogP contribution in [0.4, 0.5) is 13.2 Å². The number of fused-ring (bicyclic) bond motifs is 1. The summed E-state index contributed by atoms with van der Waals surface area (Å²) in [6.45, 7) is 4.92. The zero-order chi connectivity index (χ0) is 24.2. The van der Waals surface area contributed by atoms with Gasteiger partial charge >= 0.3 is 0 Å². The first-order chi connectivity index (χ1) is 16.4. The summed E-state index contributed by atoms with van der Waals surface area (Å²) in [5, 5.41) is 0. The maximum absolute atomic E-state index is 15.0. The molecule has 4 nitrogen and oxygen atoms in total. The quantitative estimate of drug-likeness (QED) is 0.388. The Morgan fingerprint density at radius 3 is 2.59 bits per heavy atom. The number of benzene rings is 2. The molecule has 4 rings (SSSR count). The molecule has 1 unspecified atom stereocenters. The number of rotatable bonds is 9. The second kappa shape index (κ2) is 10.7. The van der Waals surface area contributed by atoms with E-state index in [1.54, 1.807) is 17.0 Å². The van der Waals surface area contributed by atoms with Gasteiger partial charge in [-0.3, -0.25) is 4.79 Å². The van der Waals surface area contributed by atoms with Crippen LogP contribution in [0, 0.1) is 29.3 Å². The number of hydrogen-bond acceptors (Lipinski definition) is 3. The normalized spacial score (nSPS) is 20.9. The van der Waals surface area contributed by atoms with Gasteiger partial charge in [0.25, 0.3) is 5.91 Å². The Kier molecular flexibility index (Phi) is 7.69. The highest BCUT2D eigenvalue weighted by Crippen LogP contribution is 2.37. The smallest absolute Gasteiger partial charge is 0.257 e. The highest BCUT2D eigenvalue weighted by Gasteiger charge is 2.36. The van der Waals surface area contributed by atoms with Gasteiger partial charge in [-0.1, -0.05) is 19.4 Å². The Bertz CT molecular complexity index is 1020. The predicted molar refractivity (Wildman–Crippen MR) is 123 cm³/mol. The van der Waals surface area contributed by atoms with Crippen LogP contribution in [-0.2, 0) is 6.54 Å². The Hall–Kier alpha value is -2.70. The van der Waals surface area contributed by atoms with Gasteiger partial charge in [0, 0.05) is 19.2 Å². The van der Waals surface area contributed by atoms with Crippen molar-refractivity contribution in [3.05, 3.63) is 58.9 Å². The molecular weight excluding hydrogens is 443 g/mol. The van der Waals surface area contributed by atoms with Gasteiger partial charge in [0.15, 0.2) is 17.4 Å². The molecule has 0 N–H and O–H groups in total. The van der Waals surface area contributed by atoms with E-state index in [1.165, 1.54) is 18.2 Å². The minimum absolute atomic E-state index is 0.0383. The van der Waals surface area contributed by atoms with Crippen LogP contribution in [0.15, 0.2) is 30.3 Å². The number of hydrogen-bond donors (Lipinski definition) is 0. The number of amides is 1. The average molecular weight is 476 g/mol. The fourth-order valence-electron chi connectivity index (χ4n) is 5.04. The van der Waals surface area contributed by atoms with Gasteiger partial charge < -0.3 is 14.4 Å². The largest absolute Gasteiger partial charge is 0.490 e. The zero-order valence-electron chi connectivity index (χ0n) is 19.8. The molecule has 0 saturated heterocycles. The summed E-state index contributed by atoms with van der Waals surface area (Å²) in [5.41, 5.74) is 0.326. The second-order valence-electron chi connectivity index (χ2n) is 9.48. The number of carbonyl (C=O) groups is 1. The lowest BCUT2D eigenvalue weighted by Crippen LogP contribution is -2.34. The summed E-state index contributed by atoms with van der Waals surface area (Å²) in [6, 6.07) is 7.40. The molecule has 1 atom stereocenters. The zero-order valence-corrected chi connectivity index (χ0v) is 19.8. The highest BCUT2D eigenvalue weighted by molar-refractivity contribution is 5.99. The van der Waals surface area contributed by atoms with Crippen molar-refractivity contribution in [1.82, 2.24) is 4.90 Å². The van der Waals surface area contributed by atoms with Crippen LogP contribution in [0.2, 0.25) is 0 Å². The molecule has 1 heterocycles. The van der Waals surface area contributed by atoms with E-state index in [1.807, 2.05) is 13.8 Å². The minimum atomic E-state index is -0.884. The van der Waals surface area contributed by atoms with Gasteiger partial charge in [-0.05, 0) is 74.6 Å². The SMILES string of the molecule is CCCCOc1c(F)cc2c(c1F)C(=O)N(CC1CCC(C(C)Oc3cccc(F)c3)CC1)C2. The molecule has 0 spiro atoms. The van der Waals surface area contributed by atoms with E-state index in [2.05, 4.69) is 0 Å². The molecule has 7 heteroatoms. The van der Waals surface area contributed by atoms with E-state index in [4.69, 9.17) is 9.47 Å². The molecule has 0 bridgehead atoms. The summed E-state index contributed by atoms with van der Waals surface area (Å²) >= 11 is 0. The monoisotopic (exact) mass is 475 g/mol. The first kappa shape index (κ1) is 24.4. The topological polar surface area (TPSA) is 38.8 Å². The third-order valence-electron chi connectivity index (χ3n) is 7.02. The van der Waals surface area contributed by atoms with Crippen molar-refractivity contribution < 1.29 is 27.4 Å². The van der Waals surface area contributed by atoms with Crippen LogP contribution >= 0.6 is 0 Å². The Morgan fingerprint density at radius 2 is 1.88 bits per heavy atom. The third kappa shape index (κ3) is 5.34. The number of unbranched alkanes of at least 4 members (excludes halogenated alkanes) is 1.